The maximum absolute atomic E-state index is 5.64. The van der Waals surface area contributed by atoms with Crippen molar-refractivity contribution >= 4 is 0 Å². The van der Waals surface area contributed by atoms with Gasteiger partial charge in [-0.25, -0.2) is 0 Å². The third kappa shape index (κ3) is 1.55. The van der Waals surface area contributed by atoms with Crippen LogP contribution in [-0.2, 0) is 0 Å². The minimum atomic E-state index is 0.427. The lowest BCUT2D eigenvalue weighted by atomic mass is 10.1. The average Bonchev–Trinajstić information content (AvgIpc) is 2.47. The van der Waals surface area contributed by atoms with Crippen molar-refractivity contribution < 1.29 is 0 Å². The zero-order valence-electron chi connectivity index (χ0n) is 6.28. The van der Waals surface area contributed by atoms with Crippen molar-refractivity contribution in [2.75, 3.05) is 0 Å². The van der Waals surface area contributed by atoms with Gasteiger partial charge in [-0.1, -0.05) is 24.5 Å². The molecule has 0 aromatic heterocycles. The highest BCUT2D eigenvalue weighted by molar-refractivity contribution is 5.32. The number of hydrogen-bond acceptors (Lipinski definition) is 1. The highest BCUT2D eigenvalue weighted by Gasteiger charge is 2.26. The lowest BCUT2D eigenvalue weighted by Gasteiger charge is -1.93. The Morgan fingerprint density at radius 2 is 2.33 bits per heavy atom. The van der Waals surface area contributed by atoms with Crippen LogP contribution in [0.15, 0.2) is 11.1 Å². The van der Waals surface area contributed by atoms with E-state index in [2.05, 4.69) is 13.8 Å². The number of allylic oxidation sites excluding steroid dienone is 1. The molecule has 1 heteroatoms. The summed E-state index contributed by atoms with van der Waals surface area (Å²) in [6, 6.07) is 0.427. The zero-order chi connectivity index (χ0) is 6.85. The van der Waals surface area contributed by atoms with Gasteiger partial charge in [0.2, 0.25) is 0 Å². The van der Waals surface area contributed by atoms with Crippen molar-refractivity contribution in [1.29, 1.82) is 0 Å². The molecule has 0 radical (unpaired) electrons. The molecule has 0 bridgehead atoms. The molecular formula is C8H15N. The third-order valence-electron chi connectivity index (χ3n) is 1.90. The maximum atomic E-state index is 5.64. The summed E-state index contributed by atoms with van der Waals surface area (Å²) in [7, 11) is 0. The minimum Gasteiger partial charge on any atom is -0.324 e. The summed E-state index contributed by atoms with van der Waals surface area (Å²) in [5.74, 6) is 0. The third-order valence-corrected chi connectivity index (χ3v) is 1.90. The molecule has 52 valence electrons. The molecule has 2 N–H and O–H groups in total. The second-order valence-electron chi connectivity index (χ2n) is 2.87. The lowest BCUT2D eigenvalue weighted by Crippen LogP contribution is -1.97. The smallest absolute Gasteiger partial charge is 0.0295 e. The number of nitrogens with two attached hydrogens (primary N) is 1. The molecule has 9 heavy (non-hydrogen) atoms. The Balaban J connectivity index is 2.41. The Labute approximate surface area is 56.9 Å². The Kier molecular flexibility index (Phi) is 1.91. The van der Waals surface area contributed by atoms with Gasteiger partial charge in [-0.15, -0.1) is 0 Å². The second-order valence-corrected chi connectivity index (χ2v) is 2.87. The standard InChI is InChI=1S/C8H15N/c1-3-4-6(2)7-5-8(7)9/h8H,3-5,9H2,1-2H3/b7-6-. The molecule has 0 aromatic rings. The molecule has 0 amide bonds. The van der Waals surface area contributed by atoms with Gasteiger partial charge in [0.05, 0.1) is 0 Å². The fourth-order valence-electron chi connectivity index (χ4n) is 1.20. The van der Waals surface area contributed by atoms with E-state index in [0.717, 1.165) is 6.42 Å². The summed E-state index contributed by atoms with van der Waals surface area (Å²) in [4.78, 5) is 0. The summed E-state index contributed by atoms with van der Waals surface area (Å²) in [6.07, 6.45) is 3.65. The van der Waals surface area contributed by atoms with Crippen LogP contribution in [0.4, 0.5) is 0 Å². The number of rotatable bonds is 2. The van der Waals surface area contributed by atoms with Gasteiger partial charge >= 0.3 is 0 Å². The normalized spacial score (nSPS) is 30.3. The Morgan fingerprint density at radius 3 is 2.67 bits per heavy atom. The molecule has 0 spiro atoms. The van der Waals surface area contributed by atoms with E-state index in [4.69, 9.17) is 5.73 Å². The molecule has 0 aliphatic heterocycles. The van der Waals surface area contributed by atoms with Gasteiger partial charge in [-0.05, 0) is 19.8 Å². The van der Waals surface area contributed by atoms with Gasteiger partial charge < -0.3 is 5.73 Å². The lowest BCUT2D eigenvalue weighted by molar-refractivity contribution is 0.898. The van der Waals surface area contributed by atoms with Crippen LogP contribution < -0.4 is 5.73 Å². The summed E-state index contributed by atoms with van der Waals surface area (Å²) in [5.41, 5.74) is 8.68. The van der Waals surface area contributed by atoms with Crippen molar-refractivity contribution in [1.82, 2.24) is 0 Å². The van der Waals surface area contributed by atoms with Crippen molar-refractivity contribution in [3.63, 3.8) is 0 Å². The molecule has 1 nitrogen and oxygen atoms in total. The van der Waals surface area contributed by atoms with Crippen LogP contribution in [-0.4, -0.2) is 6.04 Å². The molecule has 1 aliphatic carbocycles. The van der Waals surface area contributed by atoms with Gasteiger partial charge in [-0.2, -0.15) is 0 Å². The van der Waals surface area contributed by atoms with E-state index >= 15 is 0 Å². The Morgan fingerprint density at radius 1 is 1.78 bits per heavy atom. The Bertz CT molecular complexity index is 136. The quantitative estimate of drug-likeness (QED) is 0.560. The summed E-state index contributed by atoms with van der Waals surface area (Å²) in [6.45, 7) is 4.41. The van der Waals surface area contributed by atoms with Gasteiger partial charge in [-0.3, -0.25) is 0 Å². The Hall–Kier alpha value is -0.300. The van der Waals surface area contributed by atoms with Gasteiger partial charge in [0, 0.05) is 6.04 Å². The molecule has 1 atom stereocenters. The molecular weight excluding hydrogens is 110 g/mol. The van der Waals surface area contributed by atoms with E-state index in [0.29, 0.717) is 6.04 Å². The predicted octanol–water partition coefficient (Wildman–Crippen LogP) is 1.83. The fourth-order valence-corrected chi connectivity index (χ4v) is 1.20. The van der Waals surface area contributed by atoms with E-state index in [9.17, 15) is 0 Å². The summed E-state index contributed by atoms with van der Waals surface area (Å²) < 4.78 is 0. The summed E-state index contributed by atoms with van der Waals surface area (Å²) >= 11 is 0. The van der Waals surface area contributed by atoms with Crippen LogP contribution >= 0.6 is 0 Å². The van der Waals surface area contributed by atoms with Crippen LogP contribution in [0, 0.1) is 0 Å². The fraction of sp³-hybridized carbons (Fsp3) is 0.750. The molecule has 0 saturated heterocycles. The molecule has 1 rings (SSSR count). The minimum absolute atomic E-state index is 0.427. The zero-order valence-corrected chi connectivity index (χ0v) is 6.28. The van der Waals surface area contributed by atoms with Gasteiger partial charge in [0.25, 0.3) is 0 Å². The highest BCUT2D eigenvalue weighted by atomic mass is 14.7. The molecule has 1 aliphatic rings. The van der Waals surface area contributed by atoms with E-state index < -0.39 is 0 Å². The maximum Gasteiger partial charge on any atom is 0.0295 e. The molecule has 1 fully saturated rings. The van der Waals surface area contributed by atoms with E-state index in [-0.39, 0.29) is 0 Å². The van der Waals surface area contributed by atoms with Crippen molar-refractivity contribution in [2.24, 2.45) is 5.73 Å². The number of hydrogen-bond donors (Lipinski definition) is 1. The van der Waals surface area contributed by atoms with E-state index in [1.807, 2.05) is 0 Å². The molecule has 1 saturated carbocycles. The molecule has 0 heterocycles. The highest BCUT2D eigenvalue weighted by Crippen LogP contribution is 2.31. The van der Waals surface area contributed by atoms with Crippen LogP contribution in [0.25, 0.3) is 0 Å². The monoisotopic (exact) mass is 125 g/mol. The van der Waals surface area contributed by atoms with Gasteiger partial charge in [0.1, 0.15) is 0 Å². The largest absolute Gasteiger partial charge is 0.324 e. The van der Waals surface area contributed by atoms with Crippen LogP contribution in [0.2, 0.25) is 0 Å². The summed E-state index contributed by atoms with van der Waals surface area (Å²) in [5, 5.41) is 0. The predicted molar refractivity (Wildman–Crippen MR) is 40.2 cm³/mol. The first-order chi connectivity index (χ1) is 4.25. The average molecular weight is 125 g/mol. The first kappa shape index (κ1) is 6.81. The van der Waals surface area contributed by atoms with Crippen LogP contribution in [0.5, 0.6) is 0 Å². The van der Waals surface area contributed by atoms with E-state index in [1.54, 1.807) is 0 Å². The van der Waals surface area contributed by atoms with Crippen LogP contribution in [0.1, 0.15) is 33.1 Å². The van der Waals surface area contributed by atoms with Crippen molar-refractivity contribution in [3.05, 3.63) is 11.1 Å². The van der Waals surface area contributed by atoms with Crippen molar-refractivity contribution in [2.45, 2.75) is 39.2 Å². The molecule has 0 aromatic carbocycles. The first-order valence-electron chi connectivity index (χ1n) is 3.69. The van der Waals surface area contributed by atoms with Crippen molar-refractivity contribution in [3.8, 4) is 0 Å². The topological polar surface area (TPSA) is 26.0 Å². The van der Waals surface area contributed by atoms with E-state index in [1.165, 1.54) is 24.0 Å². The van der Waals surface area contributed by atoms with Gasteiger partial charge in [0.15, 0.2) is 0 Å². The SMILES string of the molecule is CCC/C(C)=C1/CC1N. The molecule has 1 unspecified atom stereocenters. The first-order valence-corrected chi connectivity index (χ1v) is 3.69. The second kappa shape index (κ2) is 2.53. The van der Waals surface area contributed by atoms with Crippen LogP contribution in [0.3, 0.4) is 0 Å².